The van der Waals surface area contributed by atoms with Crippen LogP contribution in [0.5, 0.6) is 0 Å². The zero-order valence-electron chi connectivity index (χ0n) is 12.9. The average Bonchev–Trinajstić information content (AvgIpc) is 2.84. The highest BCUT2D eigenvalue weighted by Crippen LogP contribution is 2.26. The molecule has 21 heavy (non-hydrogen) atoms. The Balaban J connectivity index is 2.06. The van der Waals surface area contributed by atoms with E-state index in [1.165, 1.54) is 0 Å². The lowest BCUT2D eigenvalue weighted by atomic mass is 10.1. The summed E-state index contributed by atoms with van der Waals surface area (Å²) in [6.07, 6.45) is 4.22. The number of sulfonamides is 1. The van der Waals surface area contributed by atoms with E-state index in [-0.39, 0.29) is 6.04 Å². The van der Waals surface area contributed by atoms with Crippen LogP contribution in [-0.2, 0) is 16.6 Å². The van der Waals surface area contributed by atoms with Crippen molar-refractivity contribution >= 4 is 10.0 Å². The van der Waals surface area contributed by atoms with E-state index < -0.39 is 10.0 Å². The molecule has 2 unspecified atom stereocenters. The van der Waals surface area contributed by atoms with Crippen LogP contribution in [-0.4, -0.2) is 21.0 Å². The maximum atomic E-state index is 12.5. The number of rotatable bonds is 7. The van der Waals surface area contributed by atoms with Crippen LogP contribution >= 0.6 is 0 Å². The zero-order chi connectivity index (χ0) is 15.3. The molecule has 0 radical (unpaired) electrons. The van der Waals surface area contributed by atoms with Crippen molar-refractivity contribution in [3.8, 4) is 0 Å². The van der Waals surface area contributed by atoms with Gasteiger partial charge in [-0.25, -0.2) is 13.1 Å². The van der Waals surface area contributed by atoms with Crippen molar-refractivity contribution in [1.82, 2.24) is 10.0 Å². The molecule has 1 aliphatic carbocycles. The van der Waals surface area contributed by atoms with Crippen LogP contribution in [0, 0.1) is 5.92 Å². The summed E-state index contributed by atoms with van der Waals surface area (Å²) in [5, 5.41) is 3.29. The van der Waals surface area contributed by atoms with Gasteiger partial charge in [-0.15, -0.1) is 0 Å². The Morgan fingerprint density at radius 2 is 2.10 bits per heavy atom. The van der Waals surface area contributed by atoms with E-state index >= 15 is 0 Å². The number of nitrogens with one attached hydrogen (secondary N) is 2. The SMILES string of the molecule is CCCNCc1cccc(S(=O)(=O)NC2CCCC2C)c1. The summed E-state index contributed by atoms with van der Waals surface area (Å²) in [6, 6.07) is 7.29. The molecule has 0 heterocycles. The van der Waals surface area contributed by atoms with Gasteiger partial charge in [-0.2, -0.15) is 0 Å². The van der Waals surface area contributed by atoms with Gasteiger partial charge in [0.15, 0.2) is 0 Å². The van der Waals surface area contributed by atoms with Gasteiger partial charge < -0.3 is 5.32 Å². The highest BCUT2D eigenvalue weighted by molar-refractivity contribution is 7.89. The van der Waals surface area contributed by atoms with Crippen LogP contribution in [0.4, 0.5) is 0 Å². The van der Waals surface area contributed by atoms with Gasteiger partial charge in [0.2, 0.25) is 10.0 Å². The summed E-state index contributed by atoms with van der Waals surface area (Å²) in [5.41, 5.74) is 1.01. The molecule has 0 spiro atoms. The lowest BCUT2D eigenvalue weighted by Gasteiger charge is -2.17. The molecule has 1 aromatic rings. The first-order valence-electron chi connectivity index (χ1n) is 7.85. The molecule has 4 nitrogen and oxygen atoms in total. The maximum absolute atomic E-state index is 12.5. The Hall–Kier alpha value is -0.910. The van der Waals surface area contributed by atoms with E-state index in [0.29, 0.717) is 17.4 Å². The minimum atomic E-state index is -3.41. The van der Waals surface area contributed by atoms with Crippen LogP contribution in [0.2, 0.25) is 0 Å². The fourth-order valence-electron chi connectivity index (χ4n) is 2.82. The average molecular weight is 310 g/mol. The van der Waals surface area contributed by atoms with E-state index in [4.69, 9.17) is 0 Å². The van der Waals surface area contributed by atoms with E-state index in [1.807, 2.05) is 12.1 Å². The quantitative estimate of drug-likeness (QED) is 0.761. The van der Waals surface area contributed by atoms with Crippen molar-refractivity contribution in [2.75, 3.05) is 6.54 Å². The molecule has 1 aromatic carbocycles. The van der Waals surface area contributed by atoms with Gasteiger partial charge in [0.1, 0.15) is 0 Å². The maximum Gasteiger partial charge on any atom is 0.240 e. The molecular weight excluding hydrogens is 284 g/mol. The Kier molecular flexibility index (Phi) is 5.79. The molecule has 0 bridgehead atoms. The third kappa shape index (κ3) is 4.53. The minimum Gasteiger partial charge on any atom is -0.313 e. The van der Waals surface area contributed by atoms with Crippen molar-refractivity contribution < 1.29 is 8.42 Å². The van der Waals surface area contributed by atoms with Gasteiger partial charge in [0.05, 0.1) is 4.90 Å². The highest BCUT2D eigenvalue weighted by atomic mass is 32.2. The molecule has 5 heteroatoms. The number of hydrogen-bond donors (Lipinski definition) is 2. The molecule has 0 saturated heterocycles. The Morgan fingerprint density at radius 1 is 1.29 bits per heavy atom. The topological polar surface area (TPSA) is 58.2 Å². The van der Waals surface area contributed by atoms with Crippen LogP contribution < -0.4 is 10.0 Å². The molecule has 1 fully saturated rings. The summed E-state index contributed by atoms with van der Waals surface area (Å²) in [7, 11) is -3.41. The van der Waals surface area contributed by atoms with Gasteiger partial charge in [0, 0.05) is 12.6 Å². The Morgan fingerprint density at radius 3 is 2.76 bits per heavy atom. The summed E-state index contributed by atoms with van der Waals surface area (Å²) in [4.78, 5) is 0.373. The van der Waals surface area contributed by atoms with Gasteiger partial charge in [-0.1, -0.05) is 32.4 Å². The summed E-state index contributed by atoms with van der Waals surface area (Å²) in [5.74, 6) is 0.425. The third-order valence-corrected chi connectivity index (χ3v) is 5.62. The lowest BCUT2D eigenvalue weighted by molar-refractivity contribution is 0.476. The van der Waals surface area contributed by atoms with E-state index in [0.717, 1.165) is 37.8 Å². The standard InChI is InChI=1S/C16H26N2O2S/c1-3-10-17-12-14-7-5-8-15(11-14)21(19,20)18-16-9-4-6-13(16)2/h5,7-8,11,13,16-18H,3-4,6,9-10,12H2,1-2H3. The van der Waals surface area contributed by atoms with Gasteiger partial charge in [0.25, 0.3) is 0 Å². The molecule has 2 atom stereocenters. The second kappa shape index (κ2) is 7.38. The molecule has 118 valence electrons. The van der Waals surface area contributed by atoms with E-state index in [2.05, 4.69) is 23.9 Å². The fraction of sp³-hybridized carbons (Fsp3) is 0.625. The zero-order valence-corrected chi connectivity index (χ0v) is 13.7. The summed E-state index contributed by atoms with van der Waals surface area (Å²) >= 11 is 0. The Labute approximate surface area is 128 Å². The summed E-state index contributed by atoms with van der Waals surface area (Å²) in [6.45, 7) is 5.87. The predicted molar refractivity (Wildman–Crippen MR) is 85.6 cm³/mol. The van der Waals surface area contributed by atoms with E-state index in [1.54, 1.807) is 12.1 Å². The first kappa shape index (κ1) is 16.5. The summed E-state index contributed by atoms with van der Waals surface area (Å²) < 4.78 is 27.8. The van der Waals surface area contributed by atoms with Crippen molar-refractivity contribution in [2.24, 2.45) is 5.92 Å². The van der Waals surface area contributed by atoms with Crippen LogP contribution in [0.3, 0.4) is 0 Å². The molecule has 2 N–H and O–H groups in total. The minimum absolute atomic E-state index is 0.0804. The monoisotopic (exact) mass is 310 g/mol. The van der Waals surface area contributed by atoms with Gasteiger partial charge in [-0.3, -0.25) is 0 Å². The second-order valence-electron chi connectivity index (χ2n) is 5.96. The van der Waals surface area contributed by atoms with Crippen molar-refractivity contribution in [3.05, 3.63) is 29.8 Å². The first-order valence-corrected chi connectivity index (χ1v) is 9.33. The fourth-order valence-corrected chi connectivity index (χ4v) is 4.27. The smallest absolute Gasteiger partial charge is 0.240 e. The predicted octanol–water partition coefficient (Wildman–Crippen LogP) is 2.65. The van der Waals surface area contributed by atoms with Crippen LogP contribution in [0.25, 0.3) is 0 Å². The molecule has 1 saturated carbocycles. The molecule has 2 rings (SSSR count). The van der Waals surface area contributed by atoms with Crippen molar-refractivity contribution in [1.29, 1.82) is 0 Å². The number of hydrogen-bond acceptors (Lipinski definition) is 3. The van der Waals surface area contributed by atoms with Crippen molar-refractivity contribution in [2.45, 2.75) is 57.0 Å². The van der Waals surface area contributed by atoms with Gasteiger partial charge in [-0.05, 0) is 49.4 Å². The molecular formula is C16H26N2O2S. The lowest BCUT2D eigenvalue weighted by Crippen LogP contribution is -2.36. The highest BCUT2D eigenvalue weighted by Gasteiger charge is 2.28. The third-order valence-electron chi connectivity index (χ3n) is 4.13. The molecule has 0 aliphatic heterocycles. The van der Waals surface area contributed by atoms with E-state index in [9.17, 15) is 8.42 Å². The van der Waals surface area contributed by atoms with Crippen LogP contribution in [0.15, 0.2) is 29.2 Å². The molecule has 0 aromatic heterocycles. The van der Waals surface area contributed by atoms with Crippen LogP contribution in [0.1, 0.15) is 45.1 Å². The Bertz CT molecular complexity index is 557. The molecule has 0 amide bonds. The molecule has 1 aliphatic rings. The number of benzene rings is 1. The first-order chi connectivity index (χ1) is 10.0. The normalized spacial score (nSPS) is 22.6. The largest absolute Gasteiger partial charge is 0.313 e. The van der Waals surface area contributed by atoms with Gasteiger partial charge >= 0.3 is 0 Å². The van der Waals surface area contributed by atoms with Crippen molar-refractivity contribution in [3.63, 3.8) is 0 Å². The second-order valence-corrected chi connectivity index (χ2v) is 7.67.